The van der Waals surface area contributed by atoms with Crippen LogP contribution in [-0.4, -0.2) is 29.8 Å². The van der Waals surface area contributed by atoms with Crippen molar-refractivity contribution in [2.75, 3.05) is 13.1 Å². The van der Waals surface area contributed by atoms with Gasteiger partial charge in [0.15, 0.2) is 0 Å². The van der Waals surface area contributed by atoms with Crippen LogP contribution < -0.4 is 5.73 Å². The first kappa shape index (κ1) is 14.5. The average Bonchev–Trinajstić information content (AvgIpc) is 2.28. The van der Waals surface area contributed by atoms with Crippen LogP contribution in [0, 0.1) is 22.7 Å². The van der Waals surface area contributed by atoms with Crippen LogP contribution in [0.2, 0.25) is 0 Å². The Morgan fingerprint density at radius 3 is 2.50 bits per heavy atom. The maximum atomic E-state index is 12.4. The van der Waals surface area contributed by atoms with Crippen LogP contribution in [0.3, 0.4) is 0 Å². The molecule has 1 aliphatic carbocycles. The first-order valence-corrected chi connectivity index (χ1v) is 6.44. The van der Waals surface area contributed by atoms with Crippen molar-refractivity contribution in [3.05, 3.63) is 0 Å². The number of primary amides is 1. The molecule has 1 rings (SSSR count). The molecule has 18 heavy (non-hydrogen) atoms. The van der Waals surface area contributed by atoms with Gasteiger partial charge in [-0.2, -0.15) is 5.26 Å². The predicted molar refractivity (Wildman–Crippen MR) is 67.1 cm³/mol. The molecule has 2 amide bonds. The van der Waals surface area contributed by atoms with Crippen LogP contribution in [0.4, 0.5) is 0 Å². The Bertz CT molecular complexity index is 367. The van der Waals surface area contributed by atoms with E-state index in [0.29, 0.717) is 25.3 Å². The minimum atomic E-state index is -0.914. The maximum Gasteiger partial charge on any atom is 0.243 e. The summed E-state index contributed by atoms with van der Waals surface area (Å²) in [6.07, 6.45) is 2.92. The molecule has 1 aliphatic rings. The topological polar surface area (TPSA) is 87.2 Å². The molecule has 0 atom stereocenters. The molecule has 2 N–H and O–H groups in total. The average molecular weight is 251 g/mol. The number of hydrogen-bond donors (Lipinski definition) is 1. The van der Waals surface area contributed by atoms with Gasteiger partial charge in [0.25, 0.3) is 0 Å². The van der Waals surface area contributed by atoms with Gasteiger partial charge in [0.2, 0.25) is 11.8 Å². The third-order valence-electron chi connectivity index (χ3n) is 3.43. The van der Waals surface area contributed by atoms with E-state index in [4.69, 9.17) is 5.73 Å². The lowest BCUT2D eigenvalue weighted by atomic mass is 9.62. The fraction of sp³-hybridized carbons (Fsp3) is 0.769. The van der Waals surface area contributed by atoms with E-state index in [1.165, 1.54) is 4.90 Å². The summed E-state index contributed by atoms with van der Waals surface area (Å²) < 4.78 is 0. The van der Waals surface area contributed by atoms with E-state index in [0.717, 1.165) is 12.8 Å². The van der Waals surface area contributed by atoms with Crippen LogP contribution in [0.15, 0.2) is 0 Å². The van der Waals surface area contributed by atoms with E-state index >= 15 is 0 Å². The molecule has 0 radical (unpaired) electrons. The minimum absolute atomic E-state index is 0.0867. The normalized spacial score (nSPS) is 25.9. The molecule has 0 bridgehead atoms. The van der Waals surface area contributed by atoms with Crippen molar-refractivity contribution in [3.63, 3.8) is 0 Å². The van der Waals surface area contributed by atoms with Crippen LogP contribution in [-0.2, 0) is 9.59 Å². The van der Waals surface area contributed by atoms with E-state index in [2.05, 4.69) is 6.07 Å². The molecule has 1 saturated carbocycles. The summed E-state index contributed by atoms with van der Waals surface area (Å²) in [5, 5.41) is 9.22. The molecule has 0 spiro atoms. The number of carbonyl (C=O) groups excluding carboxylic acids is 2. The van der Waals surface area contributed by atoms with Gasteiger partial charge in [-0.25, -0.2) is 0 Å². The van der Waals surface area contributed by atoms with Crippen molar-refractivity contribution in [2.45, 2.75) is 39.5 Å². The molecule has 100 valence electrons. The fourth-order valence-electron chi connectivity index (χ4n) is 2.54. The highest BCUT2D eigenvalue weighted by Crippen LogP contribution is 2.46. The molecular formula is C13H21N3O2. The molecule has 0 aromatic heterocycles. The van der Waals surface area contributed by atoms with Gasteiger partial charge in [0, 0.05) is 6.54 Å². The van der Waals surface area contributed by atoms with Crippen LogP contribution in [0.5, 0.6) is 0 Å². The van der Waals surface area contributed by atoms with Crippen molar-refractivity contribution >= 4 is 11.8 Å². The van der Waals surface area contributed by atoms with E-state index in [-0.39, 0.29) is 12.5 Å². The molecule has 0 aromatic rings. The van der Waals surface area contributed by atoms with Gasteiger partial charge in [0.05, 0.1) is 12.6 Å². The van der Waals surface area contributed by atoms with E-state index in [1.807, 2.05) is 13.8 Å². The largest absolute Gasteiger partial charge is 0.368 e. The Morgan fingerprint density at radius 2 is 2.11 bits per heavy atom. The zero-order chi connectivity index (χ0) is 13.8. The SMILES string of the molecule is CCCCN(CC(N)=O)C(=O)C1(C#N)CC(C)C1. The van der Waals surface area contributed by atoms with Gasteiger partial charge in [-0.1, -0.05) is 20.3 Å². The van der Waals surface area contributed by atoms with Gasteiger partial charge in [-0.3, -0.25) is 9.59 Å². The highest BCUT2D eigenvalue weighted by Gasteiger charge is 2.50. The number of nitriles is 1. The molecule has 0 saturated heterocycles. The molecule has 0 unspecified atom stereocenters. The Kier molecular flexibility index (Phi) is 4.71. The summed E-state index contributed by atoms with van der Waals surface area (Å²) in [4.78, 5) is 24.8. The lowest BCUT2D eigenvalue weighted by Crippen LogP contribution is -2.52. The van der Waals surface area contributed by atoms with Gasteiger partial charge >= 0.3 is 0 Å². The van der Waals surface area contributed by atoms with Crippen molar-refractivity contribution in [2.24, 2.45) is 17.1 Å². The predicted octanol–water partition coefficient (Wildman–Crippen LogP) is 1.04. The lowest BCUT2D eigenvalue weighted by molar-refractivity contribution is -0.147. The smallest absolute Gasteiger partial charge is 0.243 e. The summed E-state index contributed by atoms with van der Waals surface area (Å²) in [6, 6.07) is 2.13. The summed E-state index contributed by atoms with van der Waals surface area (Å²) in [7, 11) is 0. The minimum Gasteiger partial charge on any atom is -0.368 e. The molecule has 0 aromatic carbocycles. The Hall–Kier alpha value is -1.57. The standard InChI is InChI=1S/C13H21N3O2/c1-3-4-5-16(8-11(15)17)12(18)13(9-14)6-10(2)7-13/h10H,3-8H2,1-2H3,(H2,15,17). The van der Waals surface area contributed by atoms with Gasteiger partial charge in [-0.05, 0) is 25.2 Å². The van der Waals surface area contributed by atoms with Gasteiger partial charge in [-0.15, -0.1) is 0 Å². The van der Waals surface area contributed by atoms with Gasteiger partial charge in [0.1, 0.15) is 5.41 Å². The number of unbranched alkanes of at least 4 members (excludes halogenated alkanes) is 1. The van der Waals surface area contributed by atoms with Crippen molar-refractivity contribution < 1.29 is 9.59 Å². The van der Waals surface area contributed by atoms with Crippen molar-refractivity contribution in [1.82, 2.24) is 4.90 Å². The van der Waals surface area contributed by atoms with Crippen molar-refractivity contribution in [3.8, 4) is 6.07 Å². The first-order valence-electron chi connectivity index (χ1n) is 6.44. The second-order valence-electron chi connectivity index (χ2n) is 5.25. The number of hydrogen-bond acceptors (Lipinski definition) is 3. The quantitative estimate of drug-likeness (QED) is 0.765. The summed E-state index contributed by atoms with van der Waals surface area (Å²) in [5.41, 5.74) is 4.24. The van der Waals surface area contributed by atoms with Crippen molar-refractivity contribution in [1.29, 1.82) is 5.26 Å². The molecule has 1 fully saturated rings. The number of rotatable bonds is 6. The zero-order valence-electron chi connectivity index (χ0n) is 11.1. The van der Waals surface area contributed by atoms with Gasteiger partial charge < -0.3 is 10.6 Å². The highest BCUT2D eigenvalue weighted by molar-refractivity contribution is 5.90. The molecule has 5 heteroatoms. The van der Waals surface area contributed by atoms with Crippen LogP contribution in [0.1, 0.15) is 39.5 Å². The number of nitrogens with zero attached hydrogens (tertiary/aromatic N) is 2. The molecule has 5 nitrogen and oxygen atoms in total. The zero-order valence-corrected chi connectivity index (χ0v) is 11.1. The Morgan fingerprint density at radius 1 is 1.50 bits per heavy atom. The summed E-state index contributed by atoms with van der Waals surface area (Å²) in [5.74, 6) is -0.356. The van der Waals surface area contributed by atoms with Crippen LogP contribution in [0.25, 0.3) is 0 Å². The Labute approximate surface area is 108 Å². The second kappa shape index (κ2) is 5.85. The molecule has 0 aliphatic heterocycles. The summed E-state index contributed by atoms with van der Waals surface area (Å²) >= 11 is 0. The Balaban J connectivity index is 2.75. The number of carbonyl (C=O) groups is 2. The highest BCUT2D eigenvalue weighted by atomic mass is 16.2. The number of nitrogens with two attached hydrogens (primary N) is 1. The molecular weight excluding hydrogens is 230 g/mol. The maximum absolute atomic E-state index is 12.4. The number of amides is 2. The molecule has 0 heterocycles. The van der Waals surface area contributed by atoms with Crippen LogP contribution >= 0.6 is 0 Å². The lowest BCUT2D eigenvalue weighted by Gasteiger charge is -2.42. The first-order chi connectivity index (χ1) is 8.45. The monoisotopic (exact) mass is 251 g/mol. The second-order valence-corrected chi connectivity index (χ2v) is 5.25. The third-order valence-corrected chi connectivity index (χ3v) is 3.43. The summed E-state index contributed by atoms with van der Waals surface area (Å²) in [6.45, 7) is 4.44. The van der Waals surface area contributed by atoms with E-state index < -0.39 is 11.3 Å². The third kappa shape index (κ3) is 3.00. The fourth-order valence-corrected chi connectivity index (χ4v) is 2.54. The van der Waals surface area contributed by atoms with E-state index in [1.54, 1.807) is 0 Å². The van der Waals surface area contributed by atoms with E-state index in [9.17, 15) is 14.9 Å².